The van der Waals surface area contributed by atoms with Crippen molar-refractivity contribution < 1.29 is 13.2 Å². The molecule has 1 N–H and O–H groups in total. The van der Waals surface area contributed by atoms with Crippen LogP contribution in [0.2, 0.25) is 0 Å². The first-order valence-corrected chi connectivity index (χ1v) is 8.10. The molecule has 1 saturated heterocycles. The Morgan fingerprint density at radius 3 is 2.25 bits per heavy atom. The molecule has 0 aliphatic carbocycles. The number of carbonyl (C=O) groups is 1. The Hall–Kier alpha value is -1.40. The van der Waals surface area contributed by atoms with Gasteiger partial charge in [0.2, 0.25) is 0 Å². The first-order chi connectivity index (χ1) is 9.23. The quantitative estimate of drug-likeness (QED) is 0.920. The Balaban J connectivity index is 2.27. The van der Waals surface area contributed by atoms with Crippen LogP contribution in [-0.4, -0.2) is 25.6 Å². The third kappa shape index (κ3) is 2.03. The average molecular weight is 296 g/mol. The summed E-state index contributed by atoms with van der Waals surface area (Å²) >= 11 is 0. The van der Waals surface area contributed by atoms with Gasteiger partial charge in [-0.2, -0.15) is 0 Å². The highest BCUT2D eigenvalue weighted by Gasteiger charge is 2.60. The number of anilines is 1. The van der Waals surface area contributed by atoms with Crippen LogP contribution in [0.5, 0.6) is 0 Å². The molecule has 1 atom stereocenters. The zero-order valence-electron chi connectivity index (χ0n) is 12.2. The first kappa shape index (κ1) is 15.0. The van der Waals surface area contributed by atoms with Gasteiger partial charge in [0.25, 0.3) is 15.9 Å². The molecule has 1 amide bonds. The highest BCUT2D eigenvalue weighted by molar-refractivity contribution is 7.98. The molecule has 1 aliphatic heterocycles. The lowest BCUT2D eigenvalue weighted by Gasteiger charge is -2.42. The van der Waals surface area contributed by atoms with Crippen LogP contribution in [0, 0.1) is 0 Å². The summed E-state index contributed by atoms with van der Waals surface area (Å²) in [5.41, 5.74) is 1.46. The van der Waals surface area contributed by atoms with E-state index in [0.29, 0.717) is 5.69 Å². The van der Waals surface area contributed by atoms with Gasteiger partial charge in [-0.25, -0.2) is 12.7 Å². The summed E-state index contributed by atoms with van der Waals surface area (Å²) in [6.07, 6.45) is 0. The van der Waals surface area contributed by atoms with Crippen molar-refractivity contribution in [2.45, 2.75) is 38.5 Å². The van der Waals surface area contributed by atoms with E-state index in [0.717, 1.165) is 16.4 Å². The number of nitrogens with zero attached hydrogens (tertiary/aromatic N) is 1. The molecule has 0 aromatic heterocycles. The van der Waals surface area contributed by atoms with Gasteiger partial charge in [-0.1, -0.05) is 19.1 Å². The summed E-state index contributed by atoms with van der Waals surface area (Å²) in [5, 5.41) is 3.28. The molecule has 0 bridgehead atoms. The van der Waals surface area contributed by atoms with Crippen LogP contribution in [-0.2, 0) is 14.8 Å². The SMILES string of the molecule is CCNC(C)c1ccc(N2C(=O)C(C)(C)S2(=O)=O)cc1. The van der Waals surface area contributed by atoms with Crippen molar-refractivity contribution in [3.05, 3.63) is 29.8 Å². The lowest BCUT2D eigenvalue weighted by molar-refractivity contribution is -0.120. The predicted octanol–water partition coefficient (Wildman–Crippen LogP) is 1.81. The van der Waals surface area contributed by atoms with Gasteiger partial charge < -0.3 is 5.32 Å². The second-order valence-electron chi connectivity index (χ2n) is 5.46. The monoisotopic (exact) mass is 296 g/mol. The Bertz CT molecular complexity index is 620. The van der Waals surface area contributed by atoms with Crippen molar-refractivity contribution in [1.29, 1.82) is 0 Å². The normalized spacial score (nSPS) is 21.4. The maximum Gasteiger partial charge on any atom is 0.263 e. The fraction of sp³-hybridized carbons (Fsp3) is 0.500. The van der Waals surface area contributed by atoms with Crippen LogP contribution in [0.1, 0.15) is 39.3 Å². The smallest absolute Gasteiger partial charge is 0.263 e. The lowest BCUT2D eigenvalue weighted by atomic mass is 10.1. The topological polar surface area (TPSA) is 66.5 Å². The Morgan fingerprint density at radius 2 is 1.80 bits per heavy atom. The van der Waals surface area contributed by atoms with Gasteiger partial charge in [-0.3, -0.25) is 4.79 Å². The van der Waals surface area contributed by atoms with E-state index in [-0.39, 0.29) is 11.9 Å². The van der Waals surface area contributed by atoms with E-state index < -0.39 is 14.8 Å². The second kappa shape index (κ2) is 4.86. The van der Waals surface area contributed by atoms with Crippen LogP contribution < -0.4 is 9.62 Å². The van der Waals surface area contributed by atoms with Crippen LogP contribution in [0.3, 0.4) is 0 Å². The van der Waals surface area contributed by atoms with Crippen LogP contribution in [0.4, 0.5) is 5.69 Å². The van der Waals surface area contributed by atoms with Crippen molar-refractivity contribution in [1.82, 2.24) is 5.32 Å². The van der Waals surface area contributed by atoms with Crippen LogP contribution in [0.25, 0.3) is 0 Å². The van der Waals surface area contributed by atoms with Gasteiger partial charge in [0.05, 0.1) is 5.69 Å². The molecule has 1 unspecified atom stereocenters. The zero-order valence-corrected chi connectivity index (χ0v) is 13.0. The average Bonchev–Trinajstić information content (AvgIpc) is 2.39. The summed E-state index contributed by atoms with van der Waals surface area (Å²) in [4.78, 5) is 12.0. The largest absolute Gasteiger partial charge is 0.310 e. The summed E-state index contributed by atoms with van der Waals surface area (Å²) in [6.45, 7) is 7.78. The summed E-state index contributed by atoms with van der Waals surface area (Å²) < 4.78 is 23.8. The van der Waals surface area contributed by atoms with Crippen molar-refractivity contribution in [2.24, 2.45) is 0 Å². The highest BCUT2D eigenvalue weighted by Crippen LogP contribution is 2.39. The molecule has 0 radical (unpaired) electrons. The number of amides is 1. The van der Waals surface area contributed by atoms with E-state index in [9.17, 15) is 13.2 Å². The molecular formula is C14H20N2O3S. The molecule has 0 spiro atoms. The van der Waals surface area contributed by atoms with Gasteiger partial charge in [-0.15, -0.1) is 0 Å². The molecule has 1 fully saturated rings. The molecule has 1 aromatic rings. The fourth-order valence-corrected chi connectivity index (χ4v) is 3.71. The molecular weight excluding hydrogens is 276 g/mol. The molecule has 2 rings (SSSR count). The molecule has 0 saturated carbocycles. The molecule has 5 nitrogen and oxygen atoms in total. The van der Waals surface area contributed by atoms with Gasteiger partial charge >= 0.3 is 0 Å². The maximum absolute atomic E-state index is 12.1. The van der Waals surface area contributed by atoms with Crippen LogP contribution in [0.15, 0.2) is 24.3 Å². The Kier molecular flexibility index (Phi) is 3.64. The van der Waals surface area contributed by atoms with Crippen LogP contribution >= 0.6 is 0 Å². The van der Waals surface area contributed by atoms with E-state index in [1.165, 1.54) is 13.8 Å². The number of benzene rings is 1. The van der Waals surface area contributed by atoms with E-state index in [2.05, 4.69) is 5.32 Å². The van der Waals surface area contributed by atoms with E-state index >= 15 is 0 Å². The molecule has 6 heteroatoms. The predicted molar refractivity (Wildman–Crippen MR) is 79.0 cm³/mol. The summed E-state index contributed by atoms with van der Waals surface area (Å²) in [5.74, 6) is -0.384. The van der Waals surface area contributed by atoms with E-state index in [1.54, 1.807) is 12.1 Å². The Morgan fingerprint density at radius 1 is 1.25 bits per heavy atom. The number of carbonyl (C=O) groups excluding carboxylic acids is 1. The summed E-state index contributed by atoms with van der Waals surface area (Å²) in [6, 6.07) is 7.23. The number of nitrogens with one attached hydrogen (secondary N) is 1. The fourth-order valence-electron chi connectivity index (χ4n) is 2.23. The molecule has 1 aliphatic rings. The van der Waals surface area contributed by atoms with E-state index in [4.69, 9.17) is 0 Å². The van der Waals surface area contributed by atoms with Crippen molar-refractivity contribution in [3.8, 4) is 0 Å². The minimum Gasteiger partial charge on any atom is -0.310 e. The minimum atomic E-state index is -3.58. The second-order valence-corrected chi connectivity index (χ2v) is 7.79. The van der Waals surface area contributed by atoms with Gasteiger partial charge in [0, 0.05) is 6.04 Å². The van der Waals surface area contributed by atoms with Crippen molar-refractivity contribution in [2.75, 3.05) is 10.8 Å². The minimum absolute atomic E-state index is 0.189. The Labute approximate surface area is 120 Å². The standard InChI is InChI=1S/C14H20N2O3S/c1-5-15-10(2)11-6-8-12(9-7-11)16-13(17)14(3,4)20(16,18)19/h6-10,15H,5H2,1-4H3. The number of hydrogen-bond acceptors (Lipinski definition) is 4. The maximum atomic E-state index is 12.1. The van der Waals surface area contributed by atoms with Gasteiger partial charge in [0.15, 0.2) is 4.75 Å². The third-order valence-corrected chi connectivity index (χ3v) is 6.04. The van der Waals surface area contributed by atoms with E-state index in [1.807, 2.05) is 26.0 Å². The number of sulfonamides is 1. The molecule has 20 heavy (non-hydrogen) atoms. The van der Waals surface area contributed by atoms with Crippen molar-refractivity contribution >= 4 is 21.6 Å². The molecule has 110 valence electrons. The number of hydrogen-bond donors (Lipinski definition) is 1. The van der Waals surface area contributed by atoms with Gasteiger partial charge in [0.1, 0.15) is 0 Å². The lowest BCUT2D eigenvalue weighted by Crippen LogP contribution is -2.67. The van der Waals surface area contributed by atoms with Gasteiger partial charge in [-0.05, 0) is 45.0 Å². The van der Waals surface area contributed by atoms with Crippen molar-refractivity contribution in [3.63, 3.8) is 0 Å². The summed E-state index contributed by atoms with van der Waals surface area (Å²) in [7, 11) is -3.58. The first-order valence-electron chi connectivity index (χ1n) is 6.66. The zero-order chi connectivity index (χ0) is 15.1. The highest BCUT2D eigenvalue weighted by atomic mass is 32.2. The molecule has 1 aromatic carbocycles. The number of rotatable bonds is 4. The third-order valence-electron chi connectivity index (χ3n) is 3.72. The molecule has 1 heterocycles.